The summed E-state index contributed by atoms with van der Waals surface area (Å²) >= 11 is 1.52. The molecule has 1 saturated heterocycles. The van der Waals surface area contributed by atoms with Crippen molar-refractivity contribution in [2.24, 2.45) is 0 Å². The molecular weight excluding hydrogens is 388 g/mol. The van der Waals surface area contributed by atoms with Gasteiger partial charge in [-0.1, -0.05) is 6.07 Å². The Kier molecular flexibility index (Phi) is 6.27. The van der Waals surface area contributed by atoms with Gasteiger partial charge in [0.2, 0.25) is 15.9 Å². The minimum Gasteiger partial charge on any atom is -0.495 e. The van der Waals surface area contributed by atoms with Crippen LogP contribution in [0.2, 0.25) is 0 Å². The molecule has 1 aromatic heterocycles. The van der Waals surface area contributed by atoms with Crippen molar-refractivity contribution in [1.29, 1.82) is 0 Å². The van der Waals surface area contributed by atoms with Gasteiger partial charge in [-0.2, -0.15) is 4.31 Å². The summed E-state index contributed by atoms with van der Waals surface area (Å²) in [6.07, 6.45) is 3.11. The molecule has 0 unspecified atom stereocenters. The average Bonchev–Trinajstić information content (AvgIpc) is 3.21. The van der Waals surface area contributed by atoms with Gasteiger partial charge in [0.25, 0.3) is 0 Å². The minimum atomic E-state index is -3.75. The SMILES string of the molecule is COc1ccc(NC(=O)/C=C/c2cccs2)cc1S(=O)(=O)N1CCOCC1. The third-order valence-corrected chi connectivity index (χ3v) is 6.72. The predicted molar refractivity (Wildman–Crippen MR) is 105 cm³/mol. The zero-order valence-corrected chi connectivity index (χ0v) is 16.4. The Morgan fingerprint density at radius 1 is 1.30 bits per heavy atom. The molecule has 1 N–H and O–H groups in total. The van der Waals surface area contributed by atoms with E-state index in [4.69, 9.17) is 9.47 Å². The number of benzene rings is 1. The van der Waals surface area contributed by atoms with Gasteiger partial charge < -0.3 is 14.8 Å². The number of hydrogen-bond donors (Lipinski definition) is 1. The van der Waals surface area contributed by atoms with Gasteiger partial charge in [0, 0.05) is 29.7 Å². The highest BCUT2D eigenvalue weighted by molar-refractivity contribution is 7.89. The van der Waals surface area contributed by atoms with Crippen LogP contribution >= 0.6 is 11.3 Å². The van der Waals surface area contributed by atoms with Crippen LogP contribution in [-0.2, 0) is 19.6 Å². The standard InChI is InChI=1S/C18H20N2O5S2/c1-24-16-6-4-14(19-18(21)7-5-15-3-2-12-26-15)13-17(16)27(22,23)20-8-10-25-11-9-20/h2-7,12-13H,8-11H2,1H3,(H,19,21)/b7-5+. The number of amides is 1. The van der Waals surface area contributed by atoms with E-state index in [1.165, 1.54) is 41.0 Å². The number of hydrogen-bond acceptors (Lipinski definition) is 6. The van der Waals surface area contributed by atoms with Crippen LogP contribution in [0, 0.1) is 0 Å². The number of anilines is 1. The fourth-order valence-electron chi connectivity index (χ4n) is 2.61. The Labute approximate surface area is 162 Å². The Morgan fingerprint density at radius 2 is 2.07 bits per heavy atom. The number of nitrogens with one attached hydrogen (secondary N) is 1. The van der Waals surface area contributed by atoms with Gasteiger partial charge in [0.1, 0.15) is 10.6 Å². The Morgan fingerprint density at radius 3 is 2.74 bits per heavy atom. The van der Waals surface area contributed by atoms with Crippen LogP contribution in [0.3, 0.4) is 0 Å². The van der Waals surface area contributed by atoms with Gasteiger partial charge in [-0.25, -0.2) is 8.42 Å². The Hall–Kier alpha value is -2.20. The molecule has 3 rings (SSSR count). The first-order valence-electron chi connectivity index (χ1n) is 8.29. The van der Waals surface area contributed by atoms with E-state index in [2.05, 4.69) is 5.32 Å². The summed E-state index contributed by atoms with van der Waals surface area (Å²) < 4.78 is 37.7. The highest BCUT2D eigenvalue weighted by atomic mass is 32.2. The number of sulfonamides is 1. The van der Waals surface area contributed by atoms with Gasteiger partial charge in [-0.15, -0.1) is 11.3 Å². The molecule has 0 bridgehead atoms. The highest BCUT2D eigenvalue weighted by Gasteiger charge is 2.29. The number of carbonyl (C=O) groups is 1. The van der Waals surface area contributed by atoms with Crippen molar-refractivity contribution in [2.45, 2.75) is 4.90 Å². The second kappa shape index (κ2) is 8.66. The highest BCUT2D eigenvalue weighted by Crippen LogP contribution is 2.30. The molecule has 2 heterocycles. The second-order valence-electron chi connectivity index (χ2n) is 5.72. The molecule has 1 fully saturated rings. The molecule has 0 saturated carbocycles. The molecule has 7 nitrogen and oxygen atoms in total. The molecule has 0 atom stereocenters. The summed E-state index contributed by atoms with van der Waals surface area (Å²) in [4.78, 5) is 13.1. The summed E-state index contributed by atoms with van der Waals surface area (Å²) in [5, 5.41) is 4.61. The molecule has 144 valence electrons. The molecule has 0 spiro atoms. The maximum Gasteiger partial charge on any atom is 0.248 e. The van der Waals surface area contributed by atoms with Crippen molar-refractivity contribution in [2.75, 3.05) is 38.7 Å². The maximum atomic E-state index is 13.0. The maximum absolute atomic E-state index is 13.0. The van der Waals surface area contributed by atoms with Crippen molar-refractivity contribution < 1.29 is 22.7 Å². The van der Waals surface area contributed by atoms with Crippen LogP contribution in [0.15, 0.2) is 46.7 Å². The fourth-order valence-corrected chi connectivity index (χ4v) is 4.82. The minimum absolute atomic E-state index is 0.0203. The number of nitrogens with zero attached hydrogens (tertiary/aromatic N) is 1. The van der Waals surface area contributed by atoms with Crippen LogP contribution in [-0.4, -0.2) is 52.0 Å². The van der Waals surface area contributed by atoms with E-state index in [0.717, 1.165) is 4.88 Å². The fraction of sp³-hybridized carbons (Fsp3) is 0.278. The zero-order valence-electron chi connectivity index (χ0n) is 14.8. The van der Waals surface area contributed by atoms with Crippen molar-refractivity contribution in [3.8, 4) is 5.75 Å². The van der Waals surface area contributed by atoms with Crippen molar-refractivity contribution in [3.05, 3.63) is 46.7 Å². The van der Waals surface area contributed by atoms with Crippen LogP contribution in [0.4, 0.5) is 5.69 Å². The monoisotopic (exact) mass is 408 g/mol. The van der Waals surface area contributed by atoms with E-state index in [-0.39, 0.29) is 29.6 Å². The van der Waals surface area contributed by atoms with Crippen molar-refractivity contribution in [1.82, 2.24) is 4.31 Å². The van der Waals surface area contributed by atoms with Crippen molar-refractivity contribution >= 4 is 39.0 Å². The molecule has 0 radical (unpaired) electrons. The molecular formula is C18H20N2O5S2. The van der Waals surface area contributed by atoms with Gasteiger partial charge in [-0.05, 0) is 35.7 Å². The summed E-state index contributed by atoms with van der Waals surface area (Å²) in [5.41, 5.74) is 0.378. The lowest BCUT2D eigenvalue weighted by molar-refractivity contribution is -0.111. The van der Waals surface area contributed by atoms with E-state index in [9.17, 15) is 13.2 Å². The summed E-state index contributed by atoms with van der Waals surface area (Å²) in [6, 6.07) is 8.35. The third-order valence-electron chi connectivity index (χ3n) is 3.96. The van der Waals surface area contributed by atoms with Crippen molar-refractivity contribution in [3.63, 3.8) is 0 Å². The molecule has 1 aliphatic rings. The smallest absolute Gasteiger partial charge is 0.248 e. The lowest BCUT2D eigenvalue weighted by Crippen LogP contribution is -2.40. The van der Waals surface area contributed by atoms with Crippen LogP contribution in [0.25, 0.3) is 6.08 Å². The largest absolute Gasteiger partial charge is 0.495 e. The molecule has 1 amide bonds. The van der Waals surface area contributed by atoms with Gasteiger partial charge in [-0.3, -0.25) is 4.79 Å². The number of ether oxygens (including phenoxy) is 2. The number of morpholine rings is 1. The average molecular weight is 409 g/mol. The summed E-state index contributed by atoms with van der Waals surface area (Å²) in [5.74, 6) is -0.114. The molecule has 1 aromatic carbocycles. The van der Waals surface area contributed by atoms with Gasteiger partial charge >= 0.3 is 0 Å². The molecule has 9 heteroatoms. The third kappa shape index (κ3) is 4.75. The second-order valence-corrected chi connectivity index (χ2v) is 8.61. The lowest BCUT2D eigenvalue weighted by atomic mass is 10.3. The van der Waals surface area contributed by atoms with E-state index < -0.39 is 10.0 Å². The Balaban J connectivity index is 1.81. The van der Waals surface area contributed by atoms with Crippen LogP contribution < -0.4 is 10.1 Å². The summed E-state index contributed by atoms with van der Waals surface area (Å²) in [6.45, 7) is 1.27. The zero-order chi connectivity index (χ0) is 19.3. The van der Waals surface area contributed by atoms with Gasteiger partial charge in [0.05, 0.1) is 20.3 Å². The van der Waals surface area contributed by atoms with E-state index >= 15 is 0 Å². The van der Waals surface area contributed by atoms with Gasteiger partial charge in [0.15, 0.2) is 0 Å². The first-order chi connectivity index (χ1) is 13.0. The van der Waals surface area contributed by atoms with E-state index in [1.807, 2.05) is 17.5 Å². The topological polar surface area (TPSA) is 84.9 Å². The Bertz CT molecular complexity index is 917. The van der Waals surface area contributed by atoms with E-state index in [0.29, 0.717) is 18.9 Å². The van der Waals surface area contributed by atoms with Crippen LogP contribution in [0.5, 0.6) is 5.75 Å². The first kappa shape index (κ1) is 19.6. The quantitative estimate of drug-likeness (QED) is 0.742. The molecule has 0 aliphatic carbocycles. The molecule has 27 heavy (non-hydrogen) atoms. The first-order valence-corrected chi connectivity index (χ1v) is 10.6. The predicted octanol–water partition coefficient (Wildman–Crippen LogP) is 2.43. The molecule has 1 aliphatic heterocycles. The van der Waals surface area contributed by atoms with E-state index in [1.54, 1.807) is 12.1 Å². The molecule has 2 aromatic rings. The van der Waals surface area contributed by atoms with Crippen LogP contribution in [0.1, 0.15) is 4.88 Å². The summed E-state index contributed by atoms with van der Waals surface area (Å²) in [7, 11) is -2.34. The number of rotatable bonds is 6. The number of methoxy groups -OCH3 is 1. The normalized spacial score (nSPS) is 15.7. The number of carbonyl (C=O) groups excluding carboxylic acids is 1. The number of thiophene rings is 1. The lowest BCUT2D eigenvalue weighted by Gasteiger charge is -2.26.